The summed E-state index contributed by atoms with van der Waals surface area (Å²) in [6, 6.07) is 51.6. The van der Waals surface area contributed by atoms with Gasteiger partial charge in [-0.2, -0.15) is 0 Å². The van der Waals surface area contributed by atoms with Crippen molar-refractivity contribution >= 4 is 50.1 Å². The molecule has 0 nitrogen and oxygen atoms in total. The highest BCUT2D eigenvalue weighted by Gasteiger charge is 2.20. The van der Waals surface area contributed by atoms with Crippen LogP contribution >= 0.6 is 7.53 Å². The van der Waals surface area contributed by atoms with E-state index in [4.69, 9.17) is 0 Å². The second kappa shape index (κ2) is 8.07. The van der Waals surface area contributed by atoms with Crippen molar-refractivity contribution in [3.8, 4) is 27.6 Å². The zero-order chi connectivity index (χ0) is 24.3. The second-order valence-corrected chi connectivity index (χ2v) is 11.9. The zero-order valence-corrected chi connectivity index (χ0v) is 21.1. The minimum absolute atomic E-state index is 0.680. The molecular weight excluding hydrogens is 463 g/mol. The van der Waals surface area contributed by atoms with E-state index in [1.54, 1.807) is 0 Å². The summed E-state index contributed by atoms with van der Waals surface area (Å²) in [7, 11) is -0.680. The normalized spacial score (nSPS) is 11.8. The molecule has 0 spiro atoms. The van der Waals surface area contributed by atoms with Gasteiger partial charge in [-0.25, -0.2) is 0 Å². The van der Waals surface area contributed by atoms with Crippen molar-refractivity contribution in [2.24, 2.45) is 0 Å². The Hall–Kier alpha value is -4.38. The molecule has 0 unspecified atom stereocenters. The highest BCUT2D eigenvalue weighted by atomic mass is 31.1. The molecule has 0 aliphatic carbocycles. The molecule has 0 saturated carbocycles. The van der Waals surface area contributed by atoms with Gasteiger partial charge in [-0.1, -0.05) is 117 Å². The van der Waals surface area contributed by atoms with Gasteiger partial charge in [-0.15, -0.1) is 0 Å². The van der Waals surface area contributed by atoms with Gasteiger partial charge in [0.2, 0.25) is 0 Å². The van der Waals surface area contributed by atoms with Crippen LogP contribution in [0.25, 0.3) is 70.1 Å². The SMILES string of the molecule is c1ccc(-c2cc(-c3ccccc3)cc(-p3c4cccc5c6ccccc6c6cccc3c6c54)c2)cc1. The van der Waals surface area contributed by atoms with E-state index >= 15 is 0 Å². The molecule has 0 aliphatic rings. The summed E-state index contributed by atoms with van der Waals surface area (Å²) in [5.74, 6) is 0. The fourth-order valence-corrected chi connectivity index (χ4v) is 8.86. The van der Waals surface area contributed by atoms with E-state index in [0.29, 0.717) is 0 Å². The van der Waals surface area contributed by atoms with E-state index in [2.05, 4.69) is 140 Å². The smallest absolute Gasteiger partial charge is 0.00748 e. The Morgan fingerprint density at radius 3 is 1.24 bits per heavy atom. The predicted octanol–water partition coefficient (Wildman–Crippen LogP) is 11.0. The van der Waals surface area contributed by atoms with E-state index in [-0.39, 0.29) is 0 Å². The lowest BCUT2D eigenvalue weighted by Crippen LogP contribution is -1.83. The van der Waals surface area contributed by atoms with Gasteiger partial charge in [0.05, 0.1) is 0 Å². The van der Waals surface area contributed by atoms with Gasteiger partial charge in [0, 0.05) is 26.3 Å². The standard InChI is InChI=1S/C36H23P/c1-3-11-24(12-4-1)26-21-27(25-13-5-2-6-14-25)23-28(22-26)37-33-19-9-17-31-29-15-7-8-16-30(29)32-18-10-20-34(37)36(32)35(31)33/h1-23H. The van der Waals surface area contributed by atoms with E-state index in [1.807, 2.05) is 0 Å². The molecule has 1 heteroatoms. The molecule has 1 heterocycles. The van der Waals surface area contributed by atoms with E-state index in [1.165, 1.54) is 70.1 Å². The number of benzene rings is 7. The molecular formula is C36H23P. The Balaban J connectivity index is 1.53. The molecule has 8 aromatic rings. The Bertz CT molecular complexity index is 1920. The number of hydrogen-bond donors (Lipinski definition) is 0. The molecule has 0 radical (unpaired) electrons. The molecule has 0 saturated heterocycles. The van der Waals surface area contributed by atoms with E-state index in [9.17, 15) is 0 Å². The van der Waals surface area contributed by atoms with Crippen LogP contribution in [0.3, 0.4) is 0 Å². The van der Waals surface area contributed by atoms with Crippen molar-refractivity contribution in [1.82, 2.24) is 0 Å². The lowest BCUT2D eigenvalue weighted by Gasteiger charge is -2.12. The molecule has 8 rings (SSSR count). The van der Waals surface area contributed by atoms with Gasteiger partial charge >= 0.3 is 0 Å². The fraction of sp³-hybridized carbons (Fsp3) is 0. The van der Waals surface area contributed by atoms with Crippen molar-refractivity contribution in [2.45, 2.75) is 0 Å². The number of fused-ring (bicyclic) bond motifs is 3. The van der Waals surface area contributed by atoms with Crippen molar-refractivity contribution in [1.29, 1.82) is 0 Å². The van der Waals surface area contributed by atoms with E-state index < -0.39 is 7.53 Å². The number of hydrogen-bond acceptors (Lipinski definition) is 0. The van der Waals surface area contributed by atoms with Gasteiger partial charge < -0.3 is 0 Å². The third-order valence-electron chi connectivity index (χ3n) is 7.71. The molecule has 1 aromatic heterocycles. The topological polar surface area (TPSA) is 0 Å². The molecule has 0 N–H and O–H groups in total. The summed E-state index contributed by atoms with van der Waals surface area (Å²) >= 11 is 0. The summed E-state index contributed by atoms with van der Waals surface area (Å²) in [5, 5.41) is 12.7. The van der Waals surface area contributed by atoms with Crippen LogP contribution in [0.4, 0.5) is 0 Å². The summed E-state index contributed by atoms with van der Waals surface area (Å²) in [5.41, 5.74) is 5.07. The first kappa shape index (κ1) is 20.8. The lowest BCUT2D eigenvalue weighted by atomic mass is 9.95. The first-order chi connectivity index (χ1) is 18.4. The molecule has 0 amide bonds. The molecule has 7 aromatic carbocycles. The largest absolute Gasteiger partial charge is 0.0771 e. The van der Waals surface area contributed by atoms with E-state index in [0.717, 1.165) is 0 Å². The van der Waals surface area contributed by atoms with Crippen LogP contribution in [-0.4, -0.2) is 0 Å². The van der Waals surface area contributed by atoms with Gasteiger partial charge in [-0.05, 0) is 74.1 Å². The molecule has 0 atom stereocenters. The van der Waals surface area contributed by atoms with Crippen LogP contribution in [0.15, 0.2) is 140 Å². The Morgan fingerprint density at radius 1 is 0.324 bits per heavy atom. The molecule has 0 fully saturated rings. The summed E-state index contributed by atoms with van der Waals surface area (Å²) in [6.45, 7) is 0. The van der Waals surface area contributed by atoms with Crippen LogP contribution in [-0.2, 0) is 0 Å². The number of rotatable bonds is 3. The Morgan fingerprint density at radius 2 is 0.757 bits per heavy atom. The minimum atomic E-state index is -0.680. The second-order valence-electron chi connectivity index (χ2n) is 9.78. The average molecular weight is 487 g/mol. The fourth-order valence-electron chi connectivity index (χ4n) is 6.12. The van der Waals surface area contributed by atoms with Gasteiger partial charge in [-0.3, -0.25) is 0 Å². The quantitative estimate of drug-likeness (QED) is 0.218. The van der Waals surface area contributed by atoms with Crippen LogP contribution in [0.1, 0.15) is 0 Å². The van der Waals surface area contributed by atoms with Crippen molar-refractivity contribution in [3.63, 3.8) is 0 Å². The molecule has 172 valence electrons. The first-order valence-electron chi connectivity index (χ1n) is 12.8. The van der Waals surface area contributed by atoms with Crippen molar-refractivity contribution in [2.75, 3.05) is 0 Å². The predicted molar refractivity (Wildman–Crippen MR) is 163 cm³/mol. The summed E-state index contributed by atoms with van der Waals surface area (Å²) in [6.07, 6.45) is 0. The third kappa shape index (κ3) is 3.10. The average Bonchev–Trinajstić information content (AvgIpc) is 3.33. The van der Waals surface area contributed by atoms with Gasteiger partial charge in [0.15, 0.2) is 0 Å². The monoisotopic (exact) mass is 486 g/mol. The van der Waals surface area contributed by atoms with Crippen LogP contribution in [0.2, 0.25) is 0 Å². The van der Waals surface area contributed by atoms with Crippen molar-refractivity contribution < 1.29 is 0 Å². The third-order valence-corrected chi connectivity index (χ3v) is 10.2. The highest BCUT2D eigenvalue weighted by Crippen LogP contribution is 2.59. The Labute approximate surface area is 216 Å². The first-order valence-corrected chi connectivity index (χ1v) is 14.1. The van der Waals surface area contributed by atoms with Crippen LogP contribution in [0.5, 0.6) is 0 Å². The highest BCUT2D eigenvalue weighted by molar-refractivity contribution is 7.68. The van der Waals surface area contributed by atoms with Crippen molar-refractivity contribution in [3.05, 3.63) is 140 Å². The van der Waals surface area contributed by atoms with Gasteiger partial charge in [0.25, 0.3) is 0 Å². The maximum Gasteiger partial charge on any atom is 0.00748 e. The summed E-state index contributed by atoms with van der Waals surface area (Å²) in [4.78, 5) is 0. The van der Waals surface area contributed by atoms with Gasteiger partial charge in [0.1, 0.15) is 0 Å². The lowest BCUT2D eigenvalue weighted by molar-refractivity contribution is 1.60. The Kier molecular flexibility index (Phi) is 4.53. The summed E-state index contributed by atoms with van der Waals surface area (Å²) < 4.78 is 0. The maximum absolute atomic E-state index is 2.44. The molecule has 0 aliphatic heterocycles. The van der Waals surface area contributed by atoms with Crippen LogP contribution in [0, 0.1) is 0 Å². The maximum atomic E-state index is 2.44. The van der Waals surface area contributed by atoms with Crippen LogP contribution < -0.4 is 0 Å². The minimum Gasteiger partial charge on any atom is -0.0771 e. The molecule has 37 heavy (non-hydrogen) atoms. The zero-order valence-electron chi connectivity index (χ0n) is 20.2. The molecule has 0 bridgehead atoms.